The van der Waals surface area contributed by atoms with E-state index in [9.17, 15) is 14.7 Å². The van der Waals surface area contributed by atoms with Crippen LogP contribution in [0.2, 0.25) is 0 Å². The number of carbonyl (C=O) groups excluding carboxylic acids is 1. The van der Waals surface area contributed by atoms with Crippen molar-refractivity contribution in [2.24, 2.45) is 0 Å². The van der Waals surface area contributed by atoms with Crippen LogP contribution in [-0.2, 0) is 11.2 Å². The maximum absolute atomic E-state index is 13.7. The molecule has 1 aromatic heterocycles. The number of aliphatic carboxylic acids is 1. The Morgan fingerprint density at radius 2 is 1.75 bits per heavy atom. The monoisotopic (exact) mass is 711 g/mol. The summed E-state index contributed by atoms with van der Waals surface area (Å²) in [6, 6.07) is 14.0. The van der Waals surface area contributed by atoms with E-state index in [0.29, 0.717) is 29.6 Å². The predicted octanol–water partition coefficient (Wildman–Crippen LogP) is 7.13. The van der Waals surface area contributed by atoms with Crippen LogP contribution >= 0.6 is 45.2 Å². The molecule has 1 heterocycles. The van der Waals surface area contributed by atoms with Gasteiger partial charge in [0, 0.05) is 22.3 Å². The van der Waals surface area contributed by atoms with Crippen molar-refractivity contribution < 1.29 is 29.0 Å². The van der Waals surface area contributed by atoms with Crippen LogP contribution in [0.1, 0.15) is 41.3 Å². The van der Waals surface area contributed by atoms with Gasteiger partial charge in [-0.3, -0.25) is 4.79 Å². The molecule has 0 radical (unpaired) electrons. The third kappa shape index (κ3) is 5.77. The molecule has 0 spiro atoms. The number of ketones is 1. The zero-order chi connectivity index (χ0) is 25.8. The topological polar surface area (TPSA) is 109 Å². The Balaban J connectivity index is 1.76. The zero-order valence-electron chi connectivity index (χ0n) is 19.3. The van der Waals surface area contributed by atoms with Gasteiger partial charge in [0.1, 0.15) is 23.3 Å². The molecule has 0 fully saturated rings. The van der Waals surface area contributed by atoms with Crippen LogP contribution in [0.15, 0.2) is 59.2 Å². The number of aryl methyl sites for hydroxylation is 1. The molecule has 4 rings (SSSR count). The smallest absolute Gasteiger partial charge is 0.341 e. The minimum absolute atomic E-state index is 0.186. The summed E-state index contributed by atoms with van der Waals surface area (Å²) in [7, 11) is 0. The first-order valence-electron chi connectivity index (χ1n) is 11.3. The fourth-order valence-electron chi connectivity index (χ4n) is 3.92. The normalized spacial score (nSPS) is 11.0. The maximum atomic E-state index is 13.7. The van der Waals surface area contributed by atoms with Gasteiger partial charge in [0.15, 0.2) is 12.4 Å². The molecular weight excluding hydrogens is 688 g/mol. The number of phenolic OH excluding ortho intramolecular Hbond substituents is 1. The van der Waals surface area contributed by atoms with Crippen LogP contribution in [0.5, 0.6) is 11.5 Å². The summed E-state index contributed by atoms with van der Waals surface area (Å²) in [5, 5.41) is 22.7. The van der Waals surface area contributed by atoms with E-state index < -0.39 is 12.6 Å². The molecule has 0 saturated carbocycles. The van der Waals surface area contributed by atoms with Crippen LogP contribution in [0.25, 0.3) is 11.0 Å². The maximum Gasteiger partial charge on any atom is 0.341 e. The summed E-state index contributed by atoms with van der Waals surface area (Å²) in [4.78, 5) is 24.6. The van der Waals surface area contributed by atoms with E-state index in [1.807, 2.05) is 57.3 Å². The second kappa shape index (κ2) is 11.5. The number of hydrogen-bond donors (Lipinski definition) is 3. The quantitative estimate of drug-likeness (QED) is 0.0913. The number of fused-ring (bicyclic) bond motifs is 1. The van der Waals surface area contributed by atoms with Crippen molar-refractivity contribution in [3.63, 3.8) is 0 Å². The fraction of sp³-hybridized carbons (Fsp3) is 0.185. The average Bonchev–Trinajstić information content (AvgIpc) is 3.27. The summed E-state index contributed by atoms with van der Waals surface area (Å²) >= 11 is 4.09. The highest BCUT2D eigenvalue weighted by molar-refractivity contribution is 14.1. The number of anilines is 2. The van der Waals surface area contributed by atoms with Crippen molar-refractivity contribution in [3.8, 4) is 11.5 Å². The first-order chi connectivity index (χ1) is 17.3. The molecule has 0 aliphatic rings. The van der Waals surface area contributed by atoms with Crippen LogP contribution < -0.4 is 10.1 Å². The highest BCUT2D eigenvalue weighted by atomic mass is 127. The molecule has 0 atom stereocenters. The van der Waals surface area contributed by atoms with Crippen LogP contribution in [0.4, 0.5) is 11.4 Å². The first-order valence-corrected chi connectivity index (χ1v) is 13.4. The van der Waals surface area contributed by atoms with E-state index in [-0.39, 0.29) is 11.5 Å². The van der Waals surface area contributed by atoms with Gasteiger partial charge in [-0.1, -0.05) is 13.3 Å². The Labute approximate surface area is 235 Å². The molecule has 3 aromatic carbocycles. The third-order valence-electron chi connectivity index (χ3n) is 5.62. The van der Waals surface area contributed by atoms with E-state index in [2.05, 4.69) is 12.2 Å². The Hall–Kier alpha value is -2.80. The summed E-state index contributed by atoms with van der Waals surface area (Å²) < 4.78 is 12.5. The number of aromatic hydroxyl groups is 1. The van der Waals surface area contributed by atoms with E-state index >= 15 is 0 Å². The molecule has 0 saturated heterocycles. The number of unbranched alkanes of at least 4 members (excludes halogenated alkanes) is 1. The fourth-order valence-corrected chi connectivity index (χ4v) is 6.00. The average molecular weight is 711 g/mol. The molecule has 0 aliphatic heterocycles. The van der Waals surface area contributed by atoms with Crippen LogP contribution in [0, 0.1) is 7.14 Å². The SMILES string of the molecule is CCCCc1c(Nc2ccc(O)cc2)ccc2occ(C(=O)c3cc(I)c(OCC(=O)O)c(I)c3)c12. The summed E-state index contributed by atoms with van der Waals surface area (Å²) in [5.74, 6) is -0.623. The number of carboxylic acids is 1. The lowest BCUT2D eigenvalue weighted by Gasteiger charge is -2.14. The molecule has 9 heteroatoms. The number of benzene rings is 3. The summed E-state index contributed by atoms with van der Waals surface area (Å²) in [6.45, 7) is 1.66. The zero-order valence-corrected chi connectivity index (χ0v) is 23.6. The second-order valence-corrected chi connectivity index (χ2v) is 10.5. The molecule has 186 valence electrons. The number of furan rings is 1. The Bertz CT molecular complexity index is 1410. The van der Waals surface area contributed by atoms with Gasteiger partial charge < -0.3 is 24.7 Å². The number of hydrogen-bond acceptors (Lipinski definition) is 6. The number of carboxylic acid groups (broad SMARTS) is 1. The van der Waals surface area contributed by atoms with Gasteiger partial charge in [-0.15, -0.1) is 0 Å². The lowest BCUT2D eigenvalue weighted by Crippen LogP contribution is -2.12. The van der Waals surface area contributed by atoms with Crippen molar-refractivity contribution in [3.05, 3.63) is 78.6 Å². The molecule has 4 aromatic rings. The predicted molar refractivity (Wildman–Crippen MR) is 155 cm³/mol. The van der Waals surface area contributed by atoms with Gasteiger partial charge in [0.05, 0.1) is 12.7 Å². The number of halogens is 2. The Kier molecular flexibility index (Phi) is 8.39. The Morgan fingerprint density at radius 1 is 1.06 bits per heavy atom. The highest BCUT2D eigenvalue weighted by Gasteiger charge is 2.22. The molecule has 0 bridgehead atoms. The third-order valence-corrected chi connectivity index (χ3v) is 7.22. The first kappa shape index (κ1) is 26.3. The van der Waals surface area contributed by atoms with Gasteiger partial charge in [0.2, 0.25) is 0 Å². The standard InChI is InChI=1S/C27H23I2NO6/c1-2-3-4-18-22(30-16-5-7-17(31)8-6-16)9-10-23-25(18)19(13-35-23)26(34)15-11-20(28)27(21(29)12-15)36-14-24(32)33/h5-13,30-31H,2-4,14H2,1H3,(H,32,33). The molecular formula is C27H23I2NO6. The van der Waals surface area contributed by atoms with Gasteiger partial charge in [-0.25, -0.2) is 4.79 Å². The highest BCUT2D eigenvalue weighted by Crippen LogP contribution is 2.36. The molecule has 0 unspecified atom stereocenters. The number of rotatable bonds is 10. The van der Waals surface area contributed by atoms with Crippen molar-refractivity contribution >= 4 is 79.3 Å². The van der Waals surface area contributed by atoms with Gasteiger partial charge in [-0.05, 0) is 112 Å². The Morgan fingerprint density at radius 3 is 2.39 bits per heavy atom. The largest absolute Gasteiger partial charge is 0.508 e. The molecule has 36 heavy (non-hydrogen) atoms. The lowest BCUT2D eigenvalue weighted by atomic mass is 9.95. The molecule has 0 amide bonds. The minimum atomic E-state index is -1.07. The van der Waals surface area contributed by atoms with E-state index in [1.165, 1.54) is 6.26 Å². The van der Waals surface area contributed by atoms with E-state index in [4.69, 9.17) is 14.3 Å². The molecule has 3 N–H and O–H groups in total. The number of nitrogens with one attached hydrogen (secondary N) is 1. The van der Waals surface area contributed by atoms with Crippen LogP contribution in [-0.4, -0.2) is 28.6 Å². The number of carbonyl (C=O) groups is 2. The van der Waals surface area contributed by atoms with Gasteiger partial charge >= 0.3 is 5.97 Å². The van der Waals surface area contributed by atoms with Gasteiger partial charge in [-0.2, -0.15) is 0 Å². The molecule has 7 nitrogen and oxygen atoms in total. The van der Waals surface area contributed by atoms with Crippen LogP contribution in [0.3, 0.4) is 0 Å². The summed E-state index contributed by atoms with van der Waals surface area (Å²) in [6.07, 6.45) is 4.18. The second-order valence-electron chi connectivity index (χ2n) is 8.17. The van der Waals surface area contributed by atoms with Gasteiger partial charge in [0.25, 0.3) is 0 Å². The van der Waals surface area contributed by atoms with E-state index in [0.717, 1.165) is 41.6 Å². The lowest BCUT2D eigenvalue weighted by molar-refractivity contribution is -0.139. The minimum Gasteiger partial charge on any atom is -0.508 e. The van der Waals surface area contributed by atoms with Crippen molar-refractivity contribution in [1.29, 1.82) is 0 Å². The number of ether oxygens (including phenoxy) is 1. The van der Waals surface area contributed by atoms with Crippen molar-refractivity contribution in [2.45, 2.75) is 26.2 Å². The summed E-state index contributed by atoms with van der Waals surface area (Å²) in [5.41, 5.74) is 4.25. The van der Waals surface area contributed by atoms with Crippen molar-refractivity contribution in [1.82, 2.24) is 0 Å². The number of phenols is 1. The van der Waals surface area contributed by atoms with Crippen molar-refractivity contribution in [2.75, 3.05) is 11.9 Å². The van der Waals surface area contributed by atoms with E-state index in [1.54, 1.807) is 36.4 Å². The molecule has 0 aliphatic carbocycles.